The second-order valence-electron chi connectivity index (χ2n) is 4.57. The molecule has 21 heavy (non-hydrogen) atoms. The second kappa shape index (κ2) is 5.54. The standard InChI is InChI=1S/C16H11BrN2O2/c17-12-6-8-13(9-7-12)18-15-10-5-11-3-1-2-4-14(11)16(15)19(20)21/h1-10,18H. The van der Waals surface area contributed by atoms with Crippen LogP contribution in [-0.4, -0.2) is 4.92 Å². The molecule has 1 N–H and O–H groups in total. The Morgan fingerprint density at radius 2 is 1.67 bits per heavy atom. The summed E-state index contributed by atoms with van der Waals surface area (Å²) in [5, 5.41) is 16.0. The van der Waals surface area contributed by atoms with E-state index in [1.165, 1.54) is 0 Å². The normalized spacial score (nSPS) is 10.5. The zero-order valence-corrected chi connectivity index (χ0v) is 12.5. The highest BCUT2D eigenvalue weighted by molar-refractivity contribution is 9.10. The van der Waals surface area contributed by atoms with Crippen molar-refractivity contribution in [3.05, 3.63) is 75.3 Å². The van der Waals surface area contributed by atoms with Crippen LogP contribution in [0, 0.1) is 10.1 Å². The van der Waals surface area contributed by atoms with Gasteiger partial charge in [0.2, 0.25) is 0 Å². The van der Waals surface area contributed by atoms with E-state index in [4.69, 9.17) is 0 Å². The highest BCUT2D eigenvalue weighted by atomic mass is 79.9. The Morgan fingerprint density at radius 3 is 2.38 bits per heavy atom. The molecule has 0 aliphatic carbocycles. The van der Waals surface area contributed by atoms with Crippen molar-refractivity contribution in [2.45, 2.75) is 0 Å². The van der Waals surface area contributed by atoms with Crippen LogP contribution in [0.2, 0.25) is 0 Å². The van der Waals surface area contributed by atoms with Crippen LogP contribution >= 0.6 is 15.9 Å². The minimum absolute atomic E-state index is 0.0935. The molecule has 0 aliphatic rings. The van der Waals surface area contributed by atoms with E-state index in [9.17, 15) is 10.1 Å². The minimum Gasteiger partial charge on any atom is -0.350 e. The predicted octanol–water partition coefficient (Wildman–Crippen LogP) is 5.25. The average Bonchev–Trinajstić information content (AvgIpc) is 2.49. The summed E-state index contributed by atoms with van der Waals surface area (Å²) < 4.78 is 0.959. The third kappa shape index (κ3) is 2.73. The van der Waals surface area contributed by atoms with E-state index in [1.807, 2.05) is 42.5 Å². The molecule has 3 aromatic carbocycles. The van der Waals surface area contributed by atoms with Gasteiger partial charge in [0.1, 0.15) is 5.69 Å². The lowest BCUT2D eigenvalue weighted by molar-refractivity contribution is -0.382. The van der Waals surface area contributed by atoms with Crippen LogP contribution in [0.25, 0.3) is 10.8 Å². The van der Waals surface area contributed by atoms with Crippen LogP contribution in [0.4, 0.5) is 17.1 Å². The first kappa shape index (κ1) is 13.6. The number of nitrogens with one attached hydrogen (secondary N) is 1. The number of nitro benzene ring substituents is 1. The van der Waals surface area contributed by atoms with E-state index in [0.717, 1.165) is 15.5 Å². The van der Waals surface area contributed by atoms with Crippen molar-refractivity contribution < 1.29 is 4.92 Å². The Kier molecular flexibility index (Phi) is 3.58. The smallest absolute Gasteiger partial charge is 0.300 e. The SMILES string of the molecule is O=[N+]([O-])c1c(Nc2ccc(Br)cc2)ccc2ccccc12. The summed E-state index contributed by atoms with van der Waals surface area (Å²) in [4.78, 5) is 11.1. The van der Waals surface area contributed by atoms with E-state index in [2.05, 4.69) is 21.2 Å². The molecule has 0 spiro atoms. The second-order valence-corrected chi connectivity index (χ2v) is 5.49. The maximum absolute atomic E-state index is 11.4. The molecular weight excluding hydrogens is 332 g/mol. The van der Waals surface area contributed by atoms with Gasteiger partial charge in [-0.05, 0) is 41.8 Å². The molecule has 0 saturated carbocycles. The molecule has 0 unspecified atom stereocenters. The third-order valence-electron chi connectivity index (χ3n) is 3.21. The first-order valence-electron chi connectivity index (χ1n) is 6.34. The summed E-state index contributed by atoms with van der Waals surface area (Å²) in [6.07, 6.45) is 0. The highest BCUT2D eigenvalue weighted by Gasteiger charge is 2.18. The van der Waals surface area contributed by atoms with Gasteiger partial charge < -0.3 is 5.32 Å². The Morgan fingerprint density at radius 1 is 0.952 bits per heavy atom. The van der Waals surface area contributed by atoms with Gasteiger partial charge in [-0.25, -0.2) is 0 Å². The van der Waals surface area contributed by atoms with Crippen molar-refractivity contribution in [1.29, 1.82) is 0 Å². The molecular formula is C16H11BrN2O2. The molecule has 0 fully saturated rings. The first-order chi connectivity index (χ1) is 10.1. The maximum Gasteiger partial charge on any atom is 0.300 e. The van der Waals surface area contributed by atoms with Gasteiger partial charge in [0.15, 0.2) is 0 Å². The molecule has 3 aromatic rings. The van der Waals surface area contributed by atoms with E-state index in [1.54, 1.807) is 18.2 Å². The monoisotopic (exact) mass is 342 g/mol. The van der Waals surface area contributed by atoms with Gasteiger partial charge in [0.05, 0.1) is 10.3 Å². The quantitative estimate of drug-likeness (QED) is 0.522. The van der Waals surface area contributed by atoms with Crippen LogP contribution < -0.4 is 5.32 Å². The van der Waals surface area contributed by atoms with Crippen LogP contribution in [0.5, 0.6) is 0 Å². The van der Waals surface area contributed by atoms with Gasteiger partial charge in [-0.1, -0.05) is 40.2 Å². The number of benzene rings is 3. The van der Waals surface area contributed by atoms with Gasteiger partial charge >= 0.3 is 0 Å². The fraction of sp³-hybridized carbons (Fsp3) is 0. The first-order valence-corrected chi connectivity index (χ1v) is 7.13. The minimum atomic E-state index is -0.344. The number of nitro groups is 1. The number of rotatable bonds is 3. The topological polar surface area (TPSA) is 55.2 Å². The summed E-state index contributed by atoms with van der Waals surface area (Å²) in [5.41, 5.74) is 1.38. The number of fused-ring (bicyclic) bond motifs is 1. The Balaban J connectivity index is 2.11. The number of hydrogen-bond acceptors (Lipinski definition) is 3. The van der Waals surface area contributed by atoms with Crippen molar-refractivity contribution in [3.63, 3.8) is 0 Å². The van der Waals surface area contributed by atoms with Crippen LogP contribution in [-0.2, 0) is 0 Å². The Hall–Kier alpha value is -2.40. The lowest BCUT2D eigenvalue weighted by Gasteiger charge is -2.09. The summed E-state index contributed by atoms with van der Waals surface area (Å²) in [5.74, 6) is 0. The van der Waals surface area contributed by atoms with Gasteiger partial charge in [-0.3, -0.25) is 10.1 Å². The number of anilines is 2. The largest absolute Gasteiger partial charge is 0.350 e. The molecule has 0 heterocycles. The summed E-state index contributed by atoms with van der Waals surface area (Å²) >= 11 is 3.37. The maximum atomic E-state index is 11.4. The van der Waals surface area contributed by atoms with Crippen LogP contribution in [0.1, 0.15) is 0 Å². The Bertz CT molecular complexity index is 816. The van der Waals surface area contributed by atoms with E-state index in [-0.39, 0.29) is 10.6 Å². The molecule has 0 radical (unpaired) electrons. The summed E-state index contributed by atoms with van der Waals surface area (Å²) in [6.45, 7) is 0. The van der Waals surface area contributed by atoms with Crippen molar-refractivity contribution in [2.24, 2.45) is 0 Å². The van der Waals surface area contributed by atoms with E-state index in [0.29, 0.717) is 11.1 Å². The van der Waals surface area contributed by atoms with Crippen molar-refractivity contribution in [2.75, 3.05) is 5.32 Å². The summed E-state index contributed by atoms with van der Waals surface area (Å²) in [6, 6.07) is 18.4. The van der Waals surface area contributed by atoms with Crippen LogP contribution in [0.3, 0.4) is 0 Å². The van der Waals surface area contributed by atoms with E-state index < -0.39 is 0 Å². The van der Waals surface area contributed by atoms with Crippen molar-refractivity contribution in [3.8, 4) is 0 Å². The van der Waals surface area contributed by atoms with Gasteiger partial charge in [0.25, 0.3) is 5.69 Å². The molecule has 4 nitrogen and oxygen atoms in total. The molecule has 0 aliphatic heterocycles. The third-order valence-corrected chi connectivity index (χ3v) is 3.74. The summed E-state index contributed by atoms with van der Waals surface area (Å²) in [7, 11) is 0. The molecule has 0 bridgehead atoms. The molecule has 0 aromatic heterocycles. The lowest BCUT2D eigenvalue weighted by atomic mass is 10.1. The molecule has 104 valence electrons. The lowest BCUT2D eigenvalue weighted by Crippen LogP contribution is -1.98. The molecule has 5 heteroatoms. The molecule has 0 atom stereocenters. The van der Waals surface area contributed by atoms with Crippen molar-refractivity contribution >= 4 is 43.8 Å². The average molecular weight is 343 g/mol. The number of halogens is 1. The van der Waals surface area contributed by atoms with Crippen molar-refractivity contribution in [1.82, 2.24) is 0 Å². The zero-order chi connectivity index (χ0) is 14.8. The fourth-order valence-corrected chi connectivity index (χ4v) is 2.51. The van der Waals surface area contributed by atoms with E-state index >= 15 is 0 Å². The number of hydrogen-bond donors (Lipinski definition) is 1. The Labute approximate surface area is 129 Å². The zero-order valence-electron chi connectivity index (χ0n) is 10.9. The fourth-order valence-electron chi connectivity index (χ4n) is 2.24. The molecule has 0 amide bonds. The van der Waals surface area contributed by atoms with Gasteiger partial charge in [-0.2, -0.15) is 0 Å². The van der Waals surface area contributed by atoms with Gasteiger partial charge in [0, 0.05) is 10.2 Å². The number of nitrogens with zero attached hydrogens (tertiary/aromatic N) is 1. The highest BCUT2D eigenvalue weighted by Crippen LogP contribution is 2.35. The van der Waals surface area contributed by atoms with Crippen LogP contribution in [0.15, 0.2) is 65.1 Å². The predicted molar refractivity (Wildman–Crippen MR) is 88.0 cm³/mol. The molecule has 0 saturated heterocycles. The molecule has 3 rings (SSSR count). The van der Waals surface area contributed by atoms with Gasteiger partial charge in [-0.15, -0.1) is 0 Å².